The summed E-state index contributed by atoms with van der Waals surface area (Å²) < 4.78 is 0. The third-order valence-electron chi connectivity index (χ3n) is 3.99. The zero-order valence-electron chi connectivity index (χ0n) is 9.97. The van der Waals surface area contributed by atoms with Crippen LogP contribution in [0.2, 0.25) is 0 Å². The summed E-state index contributed by atoms with van der Waals surface area (Å²) in [7, 11) is 0. The Bertz CT molecular complexity index is 236. The molecular formula is C13H23ClN2. The molecule has 2 aliphatic rings. The maximum Gasteiger partial charge on any atom is 0.0310 e. The van der Waals surface area contributed by atoms with Crippen LogP contribution in [0.3, 0.4) is 0 Å². The van der Waals surface area contributed by atoms with Crippen molar-refractivity contribution in [2.24, 2.45) is 5.92 Å². The topological polar surface area (TPSA) is 24.1 Å². The lowest BCUT2D eigenvalue weighted by atomic mass is 9.88. The Hall–Kier alpha value is -0.0500. The molecule has 2 fully saturated rings. The van der Waals surface area contributed by atoms with Crippen molar-refractivity contribution in [1.29, 1.82) is 0 Å². The van der Waals surface area contributed by atoms with Gasteiger partial charge in [-0.1, -0.05) is 31.0 Å². The lowest BCUT2D eigenvalue weighted by Gasteiger charge is -2.33. The third-order valence-corrected chi connectivity index (χ3v) is 4.12. The van der Waals surface area contributed by atoms with Crippen LogP contribution in [0.4, 0.5) is 0 Å². The van der Waals surface area contributed by atoms with E-state index in [0.717, 1.165) is 23.5 Å². The maximum absolute atomic E-state index is 5.82. The number of hydrogen-bond donors (Lipinski definition) is 2. The van der Waals surface area contributed by atoms with Crippen LogP contribution in [0.15, 0.2) is 11.6 Å². The van der Waals surface area contributed by atoms with Gasteiger partial charge in [-0.25, -0.2) is 0 Å². The van der Waals surface area contributed by atoms with E-state index in [1.165, 1.54) is 45.1 Å². The van der Waals surface area contributed by atoms with Gasteiger partial charge in [0.1, 0.15) is 0 Å². The Labute approximate surface area is 104 Å². The van der Waals surface area contributed by atoms with Crippen LogP contribution < -0.4 is 10.6 Å². The summed E-state index contributed by atoms with van der Waals surface area (Å²) in [5.74, 6) is 0.802. The Balaban J connectivity index is 1.84. The Morgan fingerprint density at radius 1 is 1.25 bits per heavy atom. The zero-order valence-corrected chi connectivity index (χ0v) is 10.7. The smallest absolute Gasteiger partial charge is 0.0310 e. The minimum atomic E-state index is 0.645. The maximum atomic E-state index is 5.82. The summed E-state index contributed by atoms with van der Waals surface area (Å²) >= 11 is 5.82. The highest BCUT2D eigenvalue weighted by atomic mass is 35.5. The molecule has 0 aromatic heterocycles. The van der Waals surface area contributed by atoms with Gasteiger partial charge in [0.05, 0.1) is 0 Å². The van der Waals surface area contributed by atoms with Crippen molar-refractivity contribution in [2.75, 3.05) is 13.1 Å². The first-order chi connectivity index (χ1) is 7.77. The number of hydrogen-bond acceptors (Lipinski definition) is 2. The molecule has 0 spiro atoms. The molecule has 1 aliphatic heterocycles. The van der Waals surface area contributed by atoms with E-state index >= 15 is 0 Å². The van der Waals surface area contributed by atoms with E-state index in [9.17, 15) is 0 Å². The van der Waals surface area contributed by atoms with Crippen molar-refractivity contribution in [2.45, 2.75) is 50.6 Å². The second kappa shape index (κ2) is 6.04. The molecule has 1 heterocycles. The van der Waals surface area contributed by atoms with Gasteiger partial charge in [-0.05, 0) is 38.1 Å². The van der Waals surface area contributed by atoms with Gasteiger partial charge >= 0.3 is 0 Å². The van der Waals surface area contributed by atoms with Gasteiger partial charge in [0.25, 0.3) is 0 Å². The Morgan fingerprint density at radius 3 is 2.81 bits per heavy atom. The van der Waals surface area contributed by atoms with E-state index in [2.05, 4.69) is 17.2 Å². The van der Waals surface area contributed by atoms with Crippen LogP contribution in [0.5, 0.6) is 0 Å². The molecule has 1 aliphatic carbocycles. The first-order valence-electron chi connectivity index (χ1n) is 6.57. The highest BCUT2D eigenvalue weighted by Gasteiger charge is 2.33. The first kappa shape index (κ1) is 12.4. The van der Waals surface area contributed by atoms with Gasteiger partial charge in [-0.2, -0.15) is 0 Å². The van der Waals surface area contributed by atoms with Crippen LogP contribution in [0.1, 0.15) is 38.5 Å². The number of nitrogens with one attached hydrogen (secondary N) is 2. The predicted octanol–water partition coefficient (Wildman–Crippen LogP) is 2.64. The summed E-state index contributed by atoms with van der Waals surface area (Å²) in [4.78, 5) is 0. The molecule has 1 saturated carbocycles. The standard InChI is InChI=1S/C13H23ClN2/c1-10(14)9-16-13-7-4-5-11(13)12-6-2-3-8-15-12/h11-13,15-16H,1-9H2. The second-order valence-corrected chi connectivity index (χ2v) is 5.69. The van der Waals surface area contributed by atoms with Crippen LogP contribution in [-0.4, -0.2) is 25.2 Å². The molecule has 2 nitrogen and oxygen atoms in total. The Morgan fingerprint density at radius 2 is 2.12 bits per heavy atom. The average molecular weight is 243 g/mol. The molecule has 3 unspecified atom stereocenters. The summed E-state index contributed by atoms with van der Waals surface area (Å²) in [5.41, 5.74) is 0. The highest BCUT2D eigenvalue weighted by molar-refractivity contribution is 6.29. The van der Waals surface area contributed by atoms with Gasteiger partial charge in [0.15, 0.2) is 0 Å². The molecule has 1 saturated heterocycles. The monoisotopic (exact) mass is 242 g/mol. The quantitative estimate of drug-likeness (QED) is 0.792. The summed E-state index contributed by atoms with van der Waals surface area (Å²) in [6, 6.07) is 1.38. The molecule has 0 aromatic rings. The van der Waals surface area contributed by atoms with Gasteiger partial charge in [-0.15, -0.1) is 0 Å². The van der Waals surface area contributed by atoms with Crippen LogP contribution in [0.25, 0.3) is 0 Å². The lowest BCUT2D eigenvalue weighted by molar-refractivity contribution is 0.260. The van der Waals surface area contributed by atoms with E-state index in [1.54, 1.807) is 0 Å². The van der Waals surface area contributed by atoms with E-state index in [-0.39, 0.29) is 0 Å². The number of piperidine rings is 1. The van der Waals surface area contributed by atoms with Crippen molar-refractivity contribution >= 4 is 11.6 Å². The van der Waals surface area contributed by atoms with Crippen LogP contribution in [0, 0.1) is 5.92 Å². The van der Waals surface area contributed by atoms with Crippen LogP contribution >= 0.6 is 11.6 Å². The fourth-order valence-corrected chi connectivity index (χ4v) is 3.29. The molecule has 3 atom stereocenters. The minimum absolute atomic E-state index is 0.645. The van der Waals surface area contributed by atoms with Gasteiger partial charge in [0.2, 0.25) is 0 Å². The van der Waals surface area contributed by atoms with Crippen molar-refractivity contribution in [3.63, 3.8) is 0 Å². The average Bonchev–Trinajstić information content (AvgIpc) is 2.75. The van der Waals surface area contributed by atoms with Crippen LogP contribution in [-0.2, 0) is 0 Å². The van der Waals surface area contributed by atoms with Gasteiger partial charge < -0.3 is 10.6 Å². The molecule has 16 heavy (non-hydrogen) atoms. The molecule has 92 valence electrons. The first-order valence-corrected chi connectivity index (χ1v) is 6.95. The molecule has 0 amide bonds. The second-order valence-electron chi connectivity index (χ2n) is 5.16. The molecule has 3 heteroatoms. The van der Waals surface area contributed by atoms with Crippen molar-refractivity contribution < 1.29 is 0 Å². The van der Waals surface area contributed by atoms with E-state index in [4.69, 9.17) is 11.6 Å². The molecule has 0 radical (unpaired) electrons. The predicted molar refractivity (Wildman–Crippen MR) is 69.8 cm³/mol. The molecule has 2 N–H and O–H groups in total. The summed E-state index contributed by atoms with van der Waals surface area (Å²) in [6.07, 6.45) is 8.11. The molecule has 2 rings (SSSR count). The molecule has 0 aromatic carbocycles. The van der Waals surface area contributed by atoms with Crippen molar-refractivity contribution in [3.8, 4) is 0 Å². The lowest BCUT2D eigenvalue weighted by Crippen LogP contribution is -2.47. The fraction of sp³-hybridized carbons (Fsp3) is 0.846. The third kappa shape index (κ3) is 3.22. The van der Waals surface area contributed by atoms with E-state index in [1.807, 2.05) is 0 Å². The fourth-order valence-electron chi connectivity index (χ4n) is 3.21. The van der Waals surface area contributed by atoms with Gasteiger partial charge in [-0.3, -0.25) is 0 Å². The SMILES string of the molecule is C=C(Cl)CNC1CCCC1C1CCCCN1. The minimum Gasteiger partial charge on any atom is -0.314 e. The van der Waals surface area contributed by atoms with Gasteiger partial charge in [0, 0.05) is 23.7 Å². The van der Waals surface area contributed by atoms with E-state index < -0.39 is 0 Å². The summed E-state index contributed by atoms with van der Waals surface area (Å²) in [6.45, 7) is 5.70. The molecular weight excluding hydrogens is 220 g/mol. The van der Waals surface area contributed by atoms with Crippen molar-refractivity contribution in [3.05, 3.63) is 11.6 Å². The zero-order chi connectivity index (χ0) is 11.4. The Kier molecular flexibility index (Phi) is 4.68. The number of halogens is 1. The number of rotatable bonds is 4. The molecule has 0 bridgehead atoms. The highest BCUT2D eigenvalue weighted by Crippen LogP contribution is 2.31. The summed E-state index contributed by atoms with van der Waals surface area (Å²) in [5, 5.41) is 7.96. The van der Waals surface area contributed by atoms with E-state index in [0.29, 0.717) is 6.04 Å². The normalized spacial score (nSPS) is 35.2. The van der Waals surface area contributed by atoms with Crippen molar-refractivity contribution in [1.82, 2.24) is 10.6 Å². The largest absolute Gasteiger partial charge is 0.314 e.